The molecule has 0 aromatic heterocycles. The Balaban J connectivity index is 2.62. The first-order valence-electron chi connectivity index (χ1n) is 7.30. The molecular formula is C17H25NO3. The van der Waals surface area contributed by atoms with Gasteiger partial charge in [-0.3, -0.25) is 4.79 Å². The van der Waals surface area contributed by atoms with E-state index in [2.05, 4.69) is 5.32 Å². The van der Waals surface area contributed by atoms with Crippen molar-refractivity contribution >= 4 is 11.9 Å². The first-order chi connectivity index (χ1) is 9.71. The third kappa shape index (κ3) is 6.43. The molecule has 0 saturated heterocycles. The van der Waals surface area contributed by atoms with E-state index in [1.807, 2.05) is 52.8 Å². The maximum absolute atomic E-state index is 12.2. The molecule has 0 saturated carbocycles. The average molecular weight is 291 g/mol. The van der Waals surface area contributed by atoms with Gasteiger partial charge in [-0.15, -0.1) is 0 Å². The zero-order valence-corrected chi connectivity index (χ0v) is 13.5. The van der Waals surface area contributed by atoms with Crippen molar-refractivity contribution in [2.75, 3.05) is 0 Å². The molecule has 116 valence electrons. The summed E-state index contributed by atoms with van der Waals surface area (Å²) < 4.78 is 5.22. The largest absolute Gasteiger partial charge is 0.444 e. The Morgan fingerprint density at radius 1 is 1.29 bits per heavy atom. The van der Waals surface area contributed by atoms with Crippen LogP contribution in [0.15, 0.2) is 24.3 Å². The number of rotatable bonds is 5. The molecule has 1 aromatic rings. The first-order valence-corrected chi connectivity index (χ1v) is 7.30. The predicted octanol–water partition coefficient (Wildman–Crippen LogP) is 3.87. The number of ether oxygens (including phenoxy) is 1. The van der Waals surface area contributed by atoms with Gasteiger partial charge in [0.05, 0.1) is 0 Å². The van der Waals surface area contributed by atoms with E-state index in [-0.39, 0.29) is 18.2 Å². The summed E-state index contributed by atoms with van der Waals surface area (Å²) in [7, 11) is 0. The highest BCUT2D eigenvalue weighted by molar-refractivity contribution is 5.96. The minimum Gasteiger partial charge on any atom is -0.444 e. The van der Waals surface area contributed by atoms with Crippen LogP contribution in [-0.2, 0) is 4.74 Å². The molecule has 1 N–H and O–H groups in total. The molecule has 1 unspecified atom stereocenters. The van der Waals surface area contributed by atoms with E-state index < -0.39 is 11.7 Å². The van der Waals surface area contributed by atoms with Crippen LogP contribution in [0.5, 0.6) is 0 Å². The lowest BCUT2D eigenvalue weighted by Crippen LogP contribution is -2.39. The van der Waals surface area contributed by atoms with Crippen LogP contribution in [0.3, 0.4) is 0 Å². The summed E-state index contributed by atoms with van der Waals surface area (Å²) in [6.07, 6.45) is 0.474. The van der Waals surface area contributed by atoms with Gasteiger partial charge >= 0.3 is 6.09 Å². The number of carbonyl (C=O) groups is 2. The second-order valence-electron chi connectivity index (χ2n) is 6.25. The Labute approximate surface area is 126 Å². The van der Waals surface area contributed by atoms with E-state index in [1.54, 1.807) is 6.07 Å². The lowest BCUT2D eigenvalue weighted by molar-refractivity contribution is 0.0500. The molecule has 0 bridgehead atoms. The van der Waals surface area contributed by atoms with E-state index in [0.717, 1.165) is 5.56 Å². The first kappa shape index (κ1) is 17.2. The number of hydrogen-bond donors (Lipinski definition) is 1. The van der Waals surface area contributed by atoms with Gasteiger partial charge in [0.1, 0.15) is 5.60 Å². The molecule has 1 atom stereocenters. The topological polar surface area (TPSA) is 55.4 Å². The third-order valence-corrected chi connectivity index (χ3v) is 2.99. The van der Waals surface area contributed by atoms with Crippen LogP contribution in [0.1, 0.15) is 56.5 Å². The number of carbonyl (C=O) groups excluding carboxylic acids is 2. The minimum absolute atomic E-state index is 0.0293. The summed E-state index contributed by atoms with van der Waals surface area (Å²) in [6, 6.07) is 7.27. The fraction of sp³-hybridized carbons (Fsp3) is 0.529. The molecule has 0 spiro atoms. The Morgan fingerprint density at radius 2 is 1.95 bits per heavy atom. The Kier molecular flexibility index (Phi) is 5.94. The number of Topliss-reactive ketones (excluding diaryl/α,β-unsaturated/α-hetero) is 1. The second kappa shape index (κ2) is 7.25. The highest BCUT2D eigenvalue weighted by Crippen LogP contribution is 2.11. The summed E-state index contributed by atoms with van der Waals surface area (Å²) in [4.78, 5) is 24.0. The molecule has 0 aliphatic heterocycles. The van der Waals surface area contributed by atoms with Crippen LogP contribution in [0.4, 0.5) is 4.79 Å². The monoisotopic (exact) mass is 291 g/mol. The van der Waals surface area contributed by atoms with Crippen molar-refractivity contribution in [3.05, 3.63) is 35.4 Å². The molecule has 1 amide bonds. The van der Waals surface area contributed by atoms with Crippen molar-refractivity contribution in [3.8, 4) is 0 Å². The van der Waals surface area contributed by atoms with Crippen LogP contribution >= 0.6 is 0 Å². The maximum atomic E-state index is 12.2. The molecular weight excluding hydrogens is 266 g/mol. The molecule has 0 heterocycles. The van der Waals surface area contributed by atoms with Crippen LogP contribution in [-0.4, -0.2) is 23.5 Å². The van der Waals surface area contributed by atoms with Gasteiger partial charge in [-0.25, -0.2) is 4.79 Å². The molecule has 0 aliphatic carbocycles. The van der Waals surface area contributed by atoms with Crippen LogP contribution in [0.2, 0.25) is 0 Å². The molecule has 1 rings (SSSR count). The number of amides is 1. The number of benzene rings is 1. The van der Waals surface area contributed by atoms with Crippen molar-refractivity contribution in [1.29, 1.82) is 0 Å². The van der Waals surface area contributed by atoms with Crippen LogP contribution in [0, 0.1) is 6.92 Å². The minimum atomic E-state index is -0.539. The maximum Gasteiger partial charge on any atom is 0.407 e. The van der Waals surface area contributed by atoms with Gasteiger partial charge in [0.15, 0.2) is 5.78 Å². The van der Waals surface area contributed by atoms with E-state index in [4.69, 9.17) is 4.74 Å². The highest BCUT2D eigenvalue weighted by Gasteiger charge is 2.20. The van der Waals surface area contributed by atoms with Crippen molar-refractivity contribution in [2.45, 2.75) is 59.1 Å². The van der Waals surface area contributed by atoms with Gasteiger partial charge in [-0.05, 0) is 40.2 Å². The van der Waals surface area contributed by atoms with Crippen molar-refractivity contribution in [2.24, 2.45) is 0 Å². The van der Waals surface area contributed by atoms with Crippen LogP contribution in [0.25, 0.3) is 0 Å². The van der Waals surface area contributed by atoms with Gasteiger partial charge in [-0.2, -0.15) is 0 Å². The lowest BCUT2D eigenvalue weighted by atomic mass is 10.0. The molecule has 0 fully saturated rings. The normalized spacial score (nSPS) is 12.6. The Hall–Kier alpha value is -1.84. The Morgan fingerprint density at radius 3 is 2.48 bits per heavy atom. The second-order valence-corrected chi connectivity index (χ2v) is 6.25. The standard InChI is InChI=1S/C17H25NO3/c1-6-14(18-16(20)21-17(3,4)5)11-15(19)13-9-7-8-12(2)10-13/h7-10,14H,6,11H2,1-5H3,(H,18,20). The molecule has 4 nitrogen and oxygen atoms in total. The quantitative estimate of drug-likeness (QED) is 0.838. The van der Waals surface area contributed by atoms with Gasteiger partial charge in [0.2, 0.25) is 0 Å². The fourth-order valence-electron chi connectivity index (χ4n) is 1.93. The van der Waals surface area contributed by atoms with Gasteiger partial charge in [0.25, 0.3) is 0 Å². The van der Waals surface area contributed by atoms with Crippen molar-refractivity contribution < 1.29 is 14.3 Å². The number of alkyl carbamates (subject to hydrolysis) is 1. The Bertz CT molecular complexity index is 503. The molecule has 1 aromatic carbocycles. The van der Waals surface area contributed by atoms with Gasteiger partial charge in [-0.1, -0.05) is 30.7 Å². The van der Waals surface area contributed by atoms with E-state index >= 15 is 0 Å². The van der Waals surface area contributed by atoms with E-state index in [9.17, 15) is 9.59 Å². The molecule has 0 radical (unpaired) electrons. The molecule has 4 heteroatoms. The van der Waals surface area contributed by atoms with Crippen molar-refractivity contribution in [3.63, 3.8) is 0 Å². The third-order valence-electron chi connectivity index (χ3n) is 2.99. The van der Waals surface area contributed by atoms with Crippen molar-refractivity contribution in [1.82, 2.24) is 5.32 Å². The summed E-state index contributed by atoms with van der Waals surface area (Å²) in [5.74, 6) is 0.0293. The van der Waals surface area contributed by atoms with E-state index in [1.165, 1.54) is 0 Å². The van der Waals surface area contributed by atoms with E-state index in [0.29, 0.717) is 12.0 Å². The number of aryl methyl sites for hydroxylation is 1. The molecule has 21 heavy (non-hydrogen) atoms. The lowest BCUT2D eigenvalue weighted by Gasteiger charge is -2.22. The summed E-state index contributed by atoms with van der Waals surface area (Å²) >= 11 is 0. The SMILES string of the molecule is CCC(CC(=O)c1cccc(C)c1)NC(=O)OC(C)(C)C. The molecule has 0 aliphatic rings. The number of hydrogen-bond acceptors (Lipinski definition) is 3. The predicted molar refractivity (Wildman–Crippen MR) is 83.6 cm³/mol. The van der Waals surface area contributed by atoms with Gasteiger partial charge < -0.3 is 10.1 Å². The summed E-state index contributed by atoms with van der Waals surface area (Å²) in [5.41, 5.74) is 1.19. The zero-order chi connectivity index (χ0) is 16.0. The zero-order valence-electron chi connectivity index (χ0n) is 13.5. The fourth-order valence-corrected chi connectivity index (χ4v) is 1.93. The number of ketones is 1. The highest BCUT2D eigenvalue weighted by atomic mass is 16.6. The summed E-state index contributed by atoms with van der Waals surface area (Å²) in [6.45, 7) is 9.32. The van der Waals surface area contributed by atoms with Crippen LogP contribution < -0.4 is 5.32 Å². The number of nitrogens with one attached hydrogen (secondary N) is 1. The average Bonchev–Trinajstić information content (AvgIpc) is 2.35. The summed E-state index contributed by atoms with van der Waals surface area (Å²) in [5, 5.41) is 2.76. The van der Waals surface area contributed by atoms with Gasteiger partial charge in [0, 0.05) is 18.0 Å². The smallest absolute Gasteiger partial charge is 0.407 e.